The summed E-state index contributed by atoms with van der Waals surface area (Å²) in [5, 5.41) is 14.3. The van der Waals surface area contributed by atoms with E-state index in [-0.39, 0.29) is 24.4 Å². The Hall–Kier alpha value is -1.64. The fourth-order valence-corrected chi connectivity index (χ4v) is 4.02. The van der Waals surface area contributed by atoms with Gasteiger partial charge in [-0.25, -0.2) is 0 Å². The molecular formula is C19H25Cl2N5O2. The van der Waals surface area contributed by atoms with E-state index >= 15 is 0 Å². The Balaban J connectivity index is 0.00000225. The van der Waals surface area contributed by atoms with Crippen LogP contribution >= 0.6 is 24.0 Å². The largest absolute Gasteiger partial charge is 0.379 e. The zero-order chi connectivity index (χ0) is 18.6. The lowest BCUT2D eigenvalue weighted by molar-refractivity contribution is 0.0162. The number of nitrogens with zero attached hydrogens (tertiary/aromatic N) is 2. The summed E-state index contributed by atoms with van der Waals surface area (Å²) in [7, 11) is 0. The molecule has 1 saturated heterocycles. The normalized spacial score (nSPS) is 18.0. The van der Waals surface area contributed by atoms with E-state index in [1.54, 1.807) is 0 Å². The third-order valence-electron chi connectivity index (χ3n) is 5.23. The van der Waals surface area contributed by atoms with E-state index in [4.69, 9.17) is 16.3 Å². The summed E-state index contributed by atoms with van der Waals surface area (Å²) >= 11 is 6.45. The first-order valence-corrected chi connectivity index (χ1v) is 9.73. The Morgan fingerprint density at radius 1 is 1.32 bits per heavy atom. The molecule has 1 aromatic carbocycles. The minimum Gasteiger partial charge on any atom is -0.379 e. The van der Waals surface area contributed by atoms with Crippen LogP contribution in [-0.4, -0.2) is 60.4 Å². The topological polar surface area (TPSA) is 82.3 Å². The van der Waals surface area contributed by atoms with Gasteiger partial charge in [0.15, 0.2) is 5.69 Å². The molecule has 1 amide bonds. The number of amides is 1. The molecule has 0 radical (unpaired) electrons. The number of rotatable bonds is 5. The molecule has 2 aliphatic heterocycles. The number of fused-ring (bicyclic) bond motifs is 1. The highest BCUT2D eigenvalue weighted by Gasteiger charge is 2.27. The number of hydrogen-bond acceptors (Lipinski definition) is 5. The number of halogens is 2. The molecule has 152 valence electrons. The molecule has 28 heavy (non-hydrogen) atoms. The van der Waals surface area contributed by atoms with Gasteiger partial charge in [-0.2, -0.15) is 5.10 Å². The number of carbonyl (C=O) groups excluding carboxylic acids is 1. The zero-order valence-electron chi connectivity index (χ0n) is 15.5. The minimum absolute atomic E-state index is 0. The fraction of sp³-hybridized carbons (Fsp3) is 0.474. The zero-order valence-corrected chi connectivity index (χ0v) is 17.1. The van der Waals surface area contributed by atoms with E-state index in [0.29, 0.717) is 37.0 Å². The number of hydrogen-bond donors (Lipinski definition) is 3. The molecular weight excluding hydrogens is 401 g/mol. The van der Waals surface area contributed by atoms with E-state index in [2.05, 4.69) is 25.7 Å². The van der Waals surface area contributed by atoms with E-state index < -0.39 is 0 Å². The van der Waals surface area contributed by atoms with Crippen molar-refractivity contribution in [3.05, 3.63) is 51.8 Å². The molecule has 7 nitrogen and oxygen atoms in total. The van der Waals surface area contributed by atoms with Crippen molar-refractivity contribution in [3.8, 4) is 0 Å². The second kappa shape index (κ2) is 9.71. The van der Waals surface area contributed by atoms with Crippen molar-refractivity contribution >= 4 is 29.9 Å². The number of benzene rings is 1. The summed E-state index contributed by atoms with van der Waals surface area (Å²) < 4.78 is 5.48. The van der Waals surface area contributed by atoms with Crippen LogP contribution in [0.2, 0.25) is 5.02 Å². The molecule has 2 aromatic rings. The van der Waals surface area contributed by atoms with Gasteiger partial charge in [0.05, 0.1) is 19.3 Å². The highest BCUT2D eigenvalue weighted by atomic mass is 35.5. The van der Waals surface area contributed by atoms with E-state index in [0.717, 1.165) is 42.9 Å². The third-order valence-corrected chi connectivity index (χ3v) is 5.57. The smallest absolute Gasteiger partial charge is 0.272 e. The van der Waals surface area contributed by atoms with Crippen molar-refractivity contribution in [2.45, 2.75) is 19.0 Å². The Morgan fingerprint density at radius 3 is 2.89 bits per heavy atom. The number of morpholine rings is 1. The summed E-state index contributed by atoms with van der Waals surface area (Å²) in [6, 6.07) is 7.81. The standard InChI is InChI=1S/C19H24ClN5O2.ClH/c20-15-4-2-1-3-13(15)17(25-7-9-27-10-8-25)12-22-19(26)18-14-11-21-6-5-16(14)23-24-18;/h1-4,17,21H,5-12H2,(H,22,26)(H,23,24);1H. The van der Waals surface area contributed by atoms with Crippen molar-refractivity contribution in [1.29, 1.82) is 0 Å². The van der Waals surface area contributed by atoms with E-state index in [1.165, 1.54) is 0 Å². The van der Waals surface area contributed by atoms with Crippen LogP contribution in [-0.2, 0) is 17.7 Å². The predicted octanol–water partition coefficient (Wildman–Crippen LogP) is 1.93. The average Bonchev–Trinajstić information content (AvgIpc) is 3.14. The summed E-state index contributed by atoms with van der Waals surface area (Å²) in [5.74, 6) is -0.151. The number of aromatic nitrogens is 2. The molecule has 1 aromatic heterocycles. The Bertz CT molecular complexity index is 807. The molecule has 1 unspecified atom stereocenters. The molecule has 0 spiro atoms. The highest BCUT2D eigenvalue weighted by Crippen LogP contribution is 2.28. The second-order valence-electron chi connectivity index (χ2n) is 6.85. The molecule has 9 heteroatoms. The first-order chi connectivity index (χ1) is 13.2. The van der Waals surface area contributed by atoms with Gasteiger partial charge in [-0.05, 0) is 11.6 Å². The molecule has 1 atom stereocenters. The second-order valence-corrected chi connectivity index (χ2v) is 7.26. The monoisotopic (exact) mass is 425 g/mol. The Labute approximate surface area is 175 Å². The van der Waals surface area contributed by atoms with Crippen LogP contribution < -0.4 is 10.6 Å². The lowest BCUT2D eigenvalue weighted by Crippen LogP contribution is -2.44. The maximum absolute atomic E-state index is 12.8. The molecule has 0 bridgehead atoms. The lowest BCUT2D eigenvalue weighted by Gasteiger charge is -2.35. The number of H-pyrrole nitrogens is 1. The van der Waals surface area contributed by atoms with Crippen LogP contribution in [0.1, 0.15) is 33.4 Å². The summed E-state index contributed by atoms with van der Waals surface area (Å²) in [4.78, 5) is 15.1. The quantitative estimate of drug-likeness (QED) is 0.681. The molecule has 4 rings (SSSR count). The summed E-state index contributed by atoms with van der Waals surface area (Å²) in [5.41, 5.74) is 3.53. The van der Waals surface area contributed by atoms with Crippen LogP contribution in [0.15, 0.2) is 24.3 Å². The van der Waals surface area contributed by atoms with E-state index in [1.807, 2.05) is 24.3 Å². The van der Waals surface area contributed by atoms with Crippen molar-refractivity contribution in [2.24, 2.45) is 0 Å². The van der Waals surface area contributed by atoms with Crippen molar-refractivity contribution < 1.29 is 9.53 Å². The summed E-state index contributed by atoms with van der Waals surface area (Å²) in [6.45, 7) is 5.05. The van der Waals surface area contributed by atoms with Crippen LogP contribution in [0.25, 0.3) is 0 Å². The number of ether oxygens (including phenoxy) is 1. The van der Waals surface area contributed by atoms with E-state index in [9.17, 15) is 4.79 Å². The minimum atomic E-state index is -0.151. The molecule has 0 aliphatic carbocycles. The molecule has 2 aliphatic rings. The molecule has 1 fully saturated rings. The van der Waals surface area contributed by atoms with Crippen LogP contribution in [0.3, 0.4) is 0 Å². The maximum Gasteiger partial charge on any atom is 0.272 e. The number of carbonyl (C=O) groups is 1. The van der Waals surface area contributed by atoms with Crippen molar-refractivity contribution in [3.63, 3.8) is 0 Å². The number of nitrogens with one attached hydrogen (secondary N) is 3. The molecule has 3 N–H and O–H groups in total. The third kappa shape index (κ3) is 4.50. The molecule has 0 saturated carbocycles. The molecule has 3 heterocycles. The van der Waals surface area contributed by atoms with Gasteiger partial charge in [0.2, 0.25) is 0 Å². The highest BCUT2D eigenvalue weighted by molar-refractivity contribution is 6.31. The first-order valence-electron chi connectivity index (χ1n) is 9.35. The van der Waals surface area contributed by atoms with Gasteiger partial charge < -0.3 is 15.4 Å². The fourth-order valence-electron chi connectivity index (χ4n) is 3.76. The van der Waals surface area contributed by atoms with Gasteiger partial charge in [0.25, 0.3) is 5.91 Å². The van der Waals surface area contributed by atoms with Crippen molar-refractivity contribution in [2.75, 3.05) is 39.4 Å². The van der Waals surface area contributed by atoms with Gasteiger partial charge in [-0.15, -0.1) is 12.4 Å². The Kier molecular flexibility index (Phi) is 7.31. The van der Waals surface area contributed by atoms with Crippen molar-refractivity contribution in [1.82, 2.24) is 25.7 Å². The summed E-state index contributed by atoms with van der Waals surface area (Å²) in [6.07, 6.45) is 0.867. The van der Waals surface area contributed by atoms with Gasteiger partial charge in [-0.3, -0.25) is 14.8 Å². The van der Waals surface area contributed by atoms with Gasteiger partial charge >= 0.3 is 0 Å². The first kappa shape index (κ1) is 21.1. The van der Waals surface area contributed by atoms with Crippen LogP contribution in [0.4, 0.5) is 0 Å². The SMILES string of the molecule is Cl.O=C(NCC(c1ccccc1Cl)N1CCOCC1)c1n[nH]c2c1CNCC2. The van der Waals surface area contributed by atoms with Crippen LogP contribution in [0.5, 0.6) is 0 Å². The maximum atomic E-state index is 12.8. The van der Waals surface area contributed by atoms with Crippen LogP contribution in [0, 0.1) is 0 Å². The average molecular weight is 426 g/mol. The van der Waals surface area contributed by atoms with Gasteiger partial charge in [0, 0.05) is 55.4 Å². The predicted molar refractivity (Wildman–Crippen MR) is 110 cm³/mol. The number of aromatic amines is 1. The lowest BCUT2D eigenvalue weighted by atomic mass is 10.0. The Morgan fingerprint density at radius 2 is 2.11 bits per heavy atom. The van der Waals surface area contributed by atoms with Gasteiger partial charge in [-0.1, -0.05) is 29.8 Å². The van der Waals surface area contributed by atoms with Gasteiger partial charge in [0.1, 0.15) is 0 Å².